The first-order valence-corrected chi connectivity index (χ1v) is 14.2. The fourth-order valence-electron chi connectivity index (χ4n) is 6.85. The highest BCUT2D eigenvalue weighted by atomic mass is 16.1. The van der Waals surface area contributed by atoms with Gasteiger partial charge in [-0.15, -0.1) is 0 Å². The lowest BCUT2D eigenvalue weighted by Crippen LogP contribution is -2.22. The van der Waals surface area contributed by atoms with Gasteiger partial charge in [0.15, 0.2) is 5.78 Å². The van der Waals surface area contributed by atoms with Crippen LogP contribution in [0, 0.1) is 27.7 Å². The molecule has 196 valence electrons. The number of hydrogen-bond donors (Lipinski definition) is 0. The highest BCUT2D eigenvalue weighted by Gasteiger charge is 2.31. The van der Waals surface area contributed by atoms with E-state index in [2.05, 4.69) is 124 Å². The van der Waals surface area contributed by atoms with E-state index in [0.29, 0.717) is 0 Å². The summed E-state index contributed by atoms with van der Waals surface area (Å²) in [5.41, 5.74) is 18.0. The molecule has 0 saturated heterocycles. The minimum Gasteiger partial charge on any atom is -0.310 e. The van der Waals surface area contributed by atoms with Crippen LogP contribution in [-0.2, 0) is 19.3 Å². The summed E-state index contributed by atoms with van der Waals surface area (Å²) < 4.78 is 0. The number of hydrogen-bond acceptors (Lipinski definition) is 2. The number of carbonyl (C=O) groups excluding carboxylic acids is 1. The molecule has 2 heteroatoms. The van der Waals surface area contributed by atoms with Gasteiger partial charge in [-0.05, 0) is 133 Å². The van der Waals surface area contributed by atoms with Crippen molar-refractivity contribution in [2.45, 2.75) is 47.0 Å². The first-order valence-electron chi connectivity index (χ1n) is 14.2. The number of nitrogens with zero attached hydrogens (tertiary/aromatic N) is 1. The summed E-state index contributed by atoms with van der Waals surface area (Å²) in [6.45, 7) is 8.64. The summed E-state index contributed by atoms with van der Waals surface area (Å²) in [7, 11) is 0. The minimum atomic E-state index is 0.196. The Bertz CT molecular complexity index is 1780. The van der Waals surface area contributed by atoms with E-state index in [1.807, 2.05) is 0 Å². The van der Waals surface area contributed by atoms with Gasteiger partial charge in [0.05, 0.1) is 0 Å². The average Bonchev–Trinajstić information content (AvgIpc) is 2.98. The van der Waals surface area contributed by atoms with E-state index in [4.69, 9.17) is 0 Å². The van der Waals surface area contributed by atoms with Gasteiger partial charge in [-0.2, -0.15) is 0 Å². The number of fused-ring (bicyclic) bond motifs is 4. The summed E-state index contributed by atoms with van der Waals surface area (Å²) >= 11 is 0. The molecule has 5 aromatic rings. The van der Waals surface area contributed by atoms with Gasteiger partial charge in [-0.25, -0.2) is 0 Å². The van der Waals surface area contributed by atoms with Crippen LogP contribution in [0.15, 0.2) is 91.0 Å². The van der Waals surface area contributed by atoms with Crippen molar-refractivity contribution in [2.24, 2.45) is 0 Å². The molecule has 0 heterocycles. The second-order valence-corrected chi connectivity index (χ2v) is 11.4. The molecule has 0 radical (unpaired) electrons. The topological polar surface area (TPSA) is 20.3 Å². The molecule has 0 amide bonds. The van der Waals surface area contributed by atoms with E-state index in [1.165, 1.54) is 55.8 Å². The lowest BCUT2D eigenvalue weighted by Gasteiger charge is -2.32. The summed E-state index contributed by atoms with van der Waals surface area (Å²) in [5, 5.41) is 0. The van der Waals surface area contributed by atoms with Crippen LogP contribution >= 0.6 is 0 Å². The molecule has 0 unspecified atom stereocenters. The Hall–Kier alpha value is -4.43. The maximum Gasteiger partial charge on any atom is 0.193 e. The zero-order chi connectivity index (χ0) is 27.5. The van der Waals surface area contributed by atoms with Crippen LogP contribution in [0.4, 0.5) is 17.1 Å². The number of ketones is 1. The molecule has 0 fully saturated rings. The largest absolute Gasteiger partial charge is 0.310 e. The highest BCUT2D eigenvalue weighted by molar-refractivity contribution is 6.14. The third kappa shape index (κ3) is 3.74. The Morgan fingerprint density at radius 2 is 1.12 bits per heavy atom. The van der Waals surface area contributed by atoms with E-state index in [9.17, 15) is 4.79 Å². The van der Waals surface area contributed by atoms with Crippen molar-refractivity contribution in [1.29, 1.82) is 0 Å². The van der Waals surface area contributed by atoms with Crippen LogP contribution in [-0.4, -0.2) is 5.78 Å². The number of rotatable bonds is 3. The third-order valence-electron chi connectivity index (χ3n) is 9.35. The van der Waals surface area contributed by atoms with E-state index in [1.54, 1.807) is 0 Å². The monoisotopic (exact) mass is 519 g/mol. The van der Waals surface area contributed by atoms with Crippen molar-refractivity contribution >= 4 is 22.8 Å². The number of para-hydroxylation sites is 2. The molecule has 0 saturated carbocycles. The van der Waals surface area contributed by atoms with Gasteiger partial charge in [0.1, 0.15) is 0 Å². The fourth-order valence-corrected chi connectivity index (χ4v) is 6.85. The Morgan fingerprint density at radius 3 is 1.80 bits per heavy atom. The van der Waals surface area contributed by atoms with Crippen LogP contribution < -0.4 is 4.90 Å². The Kier molecular flexibility index (Phi) is 5.75. The maximum absolute atomic E-state index is 13.9. The molecule has 0 aliphatic heterocycles. The van der Waals surface area contributed by atoms with Gasteiger partial charge < -0.3 is 4.90 Å². The normalized spacial score (nSPS) is 13.2. The second-order valence-electron chi connectivity index (χ2n) is 11.4. The third-order valence-corrected chi connectivity index (χ3v) is 9.35. The van der Waals surface area contributed by atoms with Crippen molar-refractivity contribution in [3.63, 3.8) is 0 Å². The van der Waals surface area contributed by atoms with Gasteiger partial charge in [-0.1, -0.05) is 54.6 Å². The van der Waals surface area contributed by atoms with Crippen molar-refractivity contribution < 1.29 is 4.79 Å². The predicted octanol–water partition coefficient (Wildman–Crippen LogP) is 9.02. The average molecular weight is 520 g/mol. The van der Waals surface area contributed by atoms with Crippen molar-refractivity contribution in [1.82, 2.24) is 0 Å². The Balaban J connectivity index is 1.34. The quantitative estimate of drug-likeness (QED) is 0.232. The van der Waals surface area contributed by atoms with Crippen molar-refractivity contribution in [3.05, 3.63) is 158 Å². The molecule has 2 aliphatic carbocycles. The molecule has 5 aromatic carbocycles. The SMILES string of the molecule is Cc1c(C)c(C)c2c(c1C)Cc1cc3c(cc1C2=O)Cc1cccc(N(c2ccccc2)c2ccccc2)c1C3. The van der Waals surface area contributed by atoms with Gasteiger partial charge >= 0.3 is 0 Å². The maximum atomic E-state index is 13.9. The minimum absolute atomic E-state index is 0.196. The molecule has 0 bridgehead atoms. The number of anilines is 3. The first-order chi connectivity index (χ1) is 19.4. The van der Waals surface area contributed by atoms with Gasteiger partial charge in [0.2, 0.25) is 0 Å². The summed E-state index contributed by atoms with van der Waals surface area (Å²) in [5.74, 6) is 0.196. The van der Waals surface area contributed by atoms with Gasteiger partial charge in [0, 0.05) is 34.6 Å². The highest BCUT2D eigenvalue weighted by Crippen LogP contribution is 2.43. The van der Waals surface area contributed by atoms with E-state index >= 15 is 0 Å². The molecule has 0 aromatic heterocycles. The van der Waals surface area contributed by atoms with Crippen LogP contribution in [0.3, 0.4) is 0 Å². The fraction of sp³-hybridized carbons (Fsp3) is 0.184. The van der Waals surface area contributed by atoms with E-state index < -0.39 is 0 Å². The van der Waals surface area contributed by atoms with Gasteiger partial charge in [0.25, 0.3) is 0 Å². The van der Waals surface area contributed by atoms with E-state index in [0.717, 1.165) is 47.3 Å². The predicted molar refractivity (Wildman–Crippen MR) is 165 cm³/mol. The Labute approximate surface area is 236 Å². The summed E-state index contributed by atoms with van der Waals surface area (Å²) in [4.78, 5) is 16.3. The number of carbonyl (C=O) groups is 1. The molecule has 0 atom stereocenters. The smallest absolute Gasteiger partial charge is 0.193 e. The van der Waals surface area contributed by atoms with E-state index in [-0.39, 0.29) is 5.78 Å². The van der Waals surface area contributed by atoms with Crippen molar-refractivity contribution in [3.8, 4) is 0 Å². The molecular formula is C38H33NO. The zero-order valence-corrected chi connectivity index (χ0v) is 23.6. The molecule has 0 N–H and O–H groups in total. The van der Waals surface area contributed by atoms with Gasteiger partial charge in [-0.3, -0.25) is 4.79 Å². The summed E-state index contributed by atoms with van der Waals surface area (Å²) in [6.07, 6.45) is 2.52. The first kappa shape index (κ1) is 24.6. The molecular weight excluding hydrogens is 486 g/mol. The van der Waals surface area contributed by atoms with Crippen LogP contribution in [0.2, 0.25) is 0 Å². The molecule has 40 heavy (non-hydrogen) atoms. The van der Waals surface area contributed by atoms with Crippen LogP contribution in [0.25, 0.3) is 0 Å². The standard InChI is InChI=1S/C38H33NO/c1-23-24(2)26(4)37-33(25(23)3)22-30-19-29-20-34-27(18-28(29)21-35(30)38(37)40)12-11-17-36(34)39(31-13-7-5-8-14-31)32-15-9-6-10-16-32/h5-17,19,21H,18,20,22H2,1-4H3. The lowest BCUT2D eigenvalue weighted by molar-refractivity contribution is 0.103. The zero-order valence-electron chi connectivity index (χ0n) is 23.6. The van der Waals surface area contributed by atoms with Crippen LogP contribution in [0.1, 0.15) is 71.6 Å². The molecule has 2 nitrogen and oxygen atoms in total. The van der Waals surface area contributed by atoms with Crippen molar-refractivity contribution in [2.75, 3.05) is 4.90 Å². The molecule has 0 spiro atoms. The summed E-state index contributed by atoms with van der Waals surface area (Å²) in [6, 6.07) is 32.5. The Morgan fingerprint density at radius 1 is 0.525 bits per heavy atom. The lowest BCUT2D eigenvalue weighted by atomic mass is 9.75. The molecule has 7 rings (SSSR count). The molecule has 2 aliphatic rings. The van der Waals surface area contributed by atoms with Crippen LogP contribution in [0.5, 0.6) is 0 Å². The second kappa shape index (κ2) is 9.34. The number of benzene rings is 5.